The quantitative estimate of drug-likeness (QED) is 0.754. The molecule has 0 saturated carbocycles. The van der Waals surface area contributed by atoms with Crippen LogP contribution in [0.1, 0.15) is 0 Å². The molecule has 0 aliphatic carbocycles. The average Bonchev–Trinajstić information content (AvgIpc) is 2.28. The summed E-state index contributed by atoms with van der Waals surface area (Å²) in [4.78, 5) is 26.2. The lowest BCUT2D eigenvalue weighted by atomic mass is 10.3. The van der Waals surface area contributed by atoms with Gasteiger partial charge in [0, 0.05) is 17.8 Å². The average molecular weight is 318 g/mol. The zero-order valence-electron chi connectivity index (χ0n) is 9.51. The molecule has 0 bridgehead atoms. The first-order valence-electron chi connectivity index (χ1n) is 4.92. The number of carbonyl (C=O) groups is 2. The molecule has 0 fully saturated rings. The molecular formula is C10H12BrN3O4. The number of anilines is 1. The molecule has 2 amide bonds. The Kier molecular flexibility index (Phi) is 5.53. The molecule has 3 N–H and O–H groups in total. The van der Waals surface area contributed by atoms with Crippen molar-refractivity contribution in [3.8, 4) is 0 Å². The van der Waals surface area contributed by atoms with Crippen LogP contribution in [0.3, 0.4) is 0 Å². The predicted octanol–water partition coefficient (Wildman–Crippen LogP) is 1.07. The van der Waals surface area contributed by atoms with E-state index in [2.05, 4.69) is 31.5 Å². The third-order valence-electron chi connectivity index (χ3n) is 1.90. The van der Waals surface area contributed by atoms with Crippen LogP contribution in [0, 0.1) is 0 Å². The Morgan fingerprint density at radius 1 is 1.56 bits per heavy atom. The van der Waals surface area contributed by atoms with Crippen LogP contribution in [0.25, 0.3) is 0 Å². The van der Waals surface area contributed by atoms with Crippen molar-refractivity contribution in [2.75, 3.05) is 19.0 Å². The lowest BCUT2D eigenvalue weighted by Gasteiger charge is -2.14. The third-order valence-corrected chi connectivity index (χ3v) is 2.33. The molecular weight excluding hydrogens is 306 g/mol. The Labute approximate surface area is 112 Å². The maximum Gasteiger partial charge on any atom is 0.328 e. The van der Waals surface area contributed by atoms with E-state index in [4.69, 9.17) is 9.84 Å². The summed E-state index contributed by atoms with van der Waals surface area (Å²) in [7, 11) is 1.35. The minimum atomic E-state index is -1.17. The Balaban J connectivity index is 2.57. The maximum atomic E-state index is 11.5. The highest BCUT2D eigenvalue weighted by atomic mass is 79.9. The van der Waals surface area contributed by atoms with E-state index >= 15 is 0 Å². The van der Waals surface area contributed by atoms with Gasteiger partial charge in [-0.15, -0.1) is 0 Å². The van der Waals surface area contributed by atoms with Gasteiger partial charge >= 0.3 is 12.0 Å². The SMILES string of the molecule is COCC(NC(=O)Nc1cncc(Br)c1)C(=O)O. The topological polar surface area (TPSA) is 101 Å². The zero-order valence-corrected chi connectivity index (χ0v) is 11.1. The van der Waals surface area contributed by atoms with Gasteiger partial charge in [0.15, 0.2) is 6.04 Å². The summed E-state index contributed by atoms with van der Waals surface area (Å²) in [5.41, 5.74) is 0.448. The Bertz CT molecular complexity index is 441. The van der Waals surface area contributed by atoms with Gasteiger partial charge in [0.05, 0.1) is 18.5 Å². The van der Waals surface area contributed by atoms with Gasteiger partial charge in [-0.2, -0.15) is 0 Å². The molecule has 7 nitrogen and oxygen atoms in total. The number of carboxylic acid groups (broad SMARTS) is 1. The molecule has 1 rings (SSSR count). The van der Waals surface area contributed by atoms with Crippen LogP contribution >= 0.6 is 15.9 Å². The number of ether oxygens (including phenoxy) is 1. The summed E-state index contributed by atoms with van der Waals surface area (Å²) in [5, 5.41) is 13.6. The largest absolute Gasteiger partial charge is 0.480 e. The molecule has 1 atom stereocenters. The molecule has 0 radical (unpaired) electrons. The van der Waals surface area contributed by atoms with Gasteiger partial charge in [0.25, 0.3) is 0 Å². The number of pyridine rings is 1. The fraction of sp³-hybridized carbons (Fsp3) is 0.300. The number of amides is 2. The van der Waals surface area contributed by atoms with E-state index in [1.54, 1.807) is 12.3 Å². The van der Waals surface area contributed by atoms with Crippen molar-refractivity contribution in [2.24, 2.45) is 0 Å². The van der Waals surface area contributed by atoms with E-state index in [9.17, 15) is 9.59 Å². The molecule has 0 aliphatic rings. The van der Waals surface area contributed by atoms with Crippen LogP contribution in [0.5, 0.6) is 0 Å². The van der Waals surface area contributed by atoms with E-state index in [0.29, 0.717) is 10.2 Å². The first-order chi connectivity index (χ1) is 8.52. The number of hydrogen-bond acceptors (Lipinski definition) is 4. The molecule has 0 saturated heterocycles. The van der Waals surface area contributed by atoms with Crippen molar-refractivity contribution in [1.82, 2.24) is 10.3 Å². The van der Waals surface area contributed by atoms with Crippen molar-refractivity contribution in [3.63, 3.8) is 0 Å². The van der Waals surface area contributed by atoms with Crippen molar-refractivity contribution < 1.29 is 19.4 Å². The zero-order chi connectivity index (χ0) is 13.5. The molecule has 0 spiro atoms. The van der Waals surface area contributed by atoms with Crippen molar-refractivity contribution in [3.05, 3.63) is 22.9 Å². The van der Waals surface area contributed by atoms with Gasteiger partial charge in [0.1, 0.15) is 0 Å². The van der Waals surface area contributed by atoms with Crippen LogP contribution in [0.2, 0.25) is 0 Å². The summed E-state index contributed by atoms with van der Waals surface area (Å²) < 4.78 is 5.39. The highest BCUT2D eigenvalue weighted by Gasteiger charge is 2.19. The number of aliphatic carboxylic acids is 1. The molecule has 1 aromatic heterocycles. The fourth-order valence-corrected chi connectivity index (χ4v) is 1.51. The molecule has 8 heteroatoms. The first kappa shape index (κ1) is 14.4. The number of nitrogens with one attached hydrogen (secondary N) is 2. The standard InChI is InChI=1S/C10H12BrN3O4/c1-18-5-8(9(15)16)14-10(17)13-7-2-6(11)3-12-4-7/h2-4,8H,5H2,1H3,(H,15,16)(H2,13,14,17). The predicted molar refractivity (Wildman–Crippen MR) is 67.4 cm³/mol. The lowest BCUT2D eigenvalue weighted by molar-refractivity contribution is -0.140. The highest BCUT2D eigenvalue weighted by molar-refractivity contribution is 9.10. The Hall–Kier alpha value is -1.67. The van der Waals surface area contributed by atoms with Gasteiger partial charge in [-0.3, -0.25) is 4.98 Å². The fourth-order valence-electron chi connectivity index (χ4n) is 1.15. The van der Waals surface area contributed by atoms with Gasteiger partial charge in [-0.05, 0) is 22.0 Å². The van der Waals surface area contributed by atoms with Crippen LogP contribution in [-0.2, 0) is 9.53 Å². The number of methoxy groups -OCH3 is 1. The minimum absolute atomic E-state index is 0.112. The first-order valence-corrected chi connectivity index (χ1v) is 5.72. The van der Waals surface area contributed by atoms with E-state index < -0.39 is 18.0 Å². The molecule has 0 aromatic carbocycles. The van der Waals surface area contributed by atoms with Crippen molar-refractivity contribution in [1.29, 1.82) is 0 Å². The van der Waals surface area contributed by atoms with Crippen molar-refractivity contribution >= 4 is 33.6 Å². The number of hydrogen-bond donors (Lipinski definition) is 3. The summed E-state index contributed by atoms with van der Waals surface area (Å²) >= 11 is 3.20. The Morgan fingerprint density at radius 2 is 2.28 bits per heavy atom. The monoisotopic (exact) mass is 317 g/mol. The molecule has 18 heavy (non-hydrogen) atoms. The molecule has 98 valence electrons. The van der Waals surface area contributed by atoms with Crippen LogP contribution in [0.15, 0.2) is 22.9 Å². The number of carbonyl (C=O) groups excluding carboxylic acids is 1. The number of aromatic nitrogens is 1. The van der Waals surface area contributed by atoms with Crippen LogP contribution < -0.4 is 10.6 Å². The summed E-state index contributed by atoms with van der Waals surface area (Å²) in [6.07, 6.45) is 3.00. The second kappa shape index (κ2) is 6.92. The highest BCUT2D eigenvalue weighted by Crippen LogP contribution is 2.13. The third kappa shape index (κ3) is 4.68. The lowest BCUT2D eigenvalue weighted by Crippen LogP contribution is -2.45. The summed E-state index contributed by atoms with van der Waals surface area (Å²) in [6, 6.07) is -0.104. The molecule has 1 unspecified atom stereocenters. The second-order valence-electron chi connectivity index (χ2n) is 3.34. The minimum Gasteiger partial charge on any atom is -0.480 e. The van der Waals surface area contributed by atoms with Crippen LogP contribution in [0.4, 0.5) is 10.5 Å². The van der Waals surface area contributed by atoms with E-state index in [1.807, 2.05) is 0 Å². The van der Waals surface area contributed by atoms with Gasteiger partial charge in [-0.25, -0.2) is 9.59 Å². The number of carboxylic acids is 1. The number of urea groups is 1. The number of halogens is 1. The number of nitrogens with zero attached hydrogens (tertiary/aromatic N) is 1. The van der Waals surface area contributed by atoms with E-state index in [-0.39, 0.29) is 6.61 Å². The normalized spacial score (nSPS) is 11.7. The maximum absolute atomic E-state index is 11.5. The molecule has 1 heterocycles. The smallest absolute Gasteiger partial charge is 0.328 e. The van der Waals surface area contributed by atoms with Crippen molar-refractivity contribution in [2.45, 2.75) is 6.04 Å². The van der Waals surface area contributed by atoms with E-state index in [1.165, 1.54) is 13.3 Å². The van der Waals surface area contributed by atoms with Gasteiger partial charge in [-0.1, -0.05) is 0 Å². The summed E-state index contributed by atoms with van der Waals surface area (Å²) in [5.74, 6) is -1.17. The second-order valence-corrected chi connectivity index (χ2v) is 4.25. The molecule has 0 aliphatic heterocycles. The van der Waals surface area contributed by atoms with E-state index in [0.717, 1.165) is 0 Å². The number of rotatable bonds is 5. The van der Waals surface area contributed by atoms with Gasteiger partial charge in [0.2, 0.25) is 0 Å². The Morgan fingerprint density at radius 3 is 2.83 bits per heavy atom. The molecule has 1 aromatic rings. The van der Waals surface area contributed by atoms with Gasteiger partial charge < -0.3 is 20.5 Å². The summed E-state index contributed by atoms with van der Waals surface area (Å²) in [6.45, 7) is -0.112. The van der Waals surface area contributed by atoms with Crippen LogP contribution in [-0.4, -0.2) is 41.8 Å².